The number of ether oxygens (including phenoxy) is 1. The molecule has 1 aliphatic rings. The Morgan fingerprint density at radius 2 is 2.47 bits per heavy atom. The highest BCUT2D eigenvalue weighted by Crippen LogP contribution is 2.21. The molecule has 2 heterocycles. The van der Waals surface area contributed by atoms with Crippen molar-refractivity contribution in [3.8, 4) is 0 Å². The summed E-state index contributed by atoms with van der Waals surface area (Å²) >= 11 is 0. The molecule has 1 aromatic heterocycles. The van der Waals surface area contributed by atoms with Crippen LogP contribution in [0.3, 0.4) is 0 Å². The van der Waals surface area contributed by atoms with Crippen LogP contribution in [0, 0.1) is 5.92 Å². The minimum Gasteiger partial charge on any atom is -0.466 e. The Labute approximate surface area is 101 Å². The summed E-state index contributed by atoms with van der Waals surface area (Å²) < 4.78 is 5.06. The number of anilines is 1. The molecular formula is C12H17N3O2. The molecule has 0 bridgehead atoms. The summed E-state index contributed by atoms with van der Waals surface area (Å²) in [6.45, 7) is 3.88. The molecule has 0 aliphatic carbocycles. The van der Waals surface area contributed by atoms with Crippen LogP contribution in [-0.4, -0.2) is 35.6 Å². The zero-order valence-corrected chi connectivity index (χ0v) is 10.0. The van der Waals surface area contributed by atoms with Gasteiger partial charge in [0.2, 0.25) is 0 Å². The predicted octanol–water partition coefficient (Wildman–Crippen LogP) is 1.26. The molecule has 1 fully saturated rings. The molecule has 1 aliphatic heterocycles. The van der Waals surface area contributed by atoms with Crippen LogP contribution in [0.2, 0.25) is 0 Å². The molecule has 2 rings (SSSR count). The van der Waals surface area contributed by atoms with E-state index in [1.165, 1.54) is 0 Å². The molecule has 1 aromatic rings. The first-order chi connectivity index (χ1) is 8.31. The molecule has 0 spiro atoms. The minimum absolute atomic E-state index is 0.0364. The average Bonchev–Trinajstić information content (AvgIpc) is 2.40. The predicted molar refractivity (Wildman–Crippen MR) is 63.6 cm³/mol. The maximum Gasteiger partial charge on any atom is 0.310 e. The Morgan fingerprint density at radius 1 is 1.59 bits per heavy atom. The summed E-state index contributed by atoms with van der Waals surface area (Å²) in [5.41, 5.74) is 0. The molecule has 1 atom stereocenters. The van der Waals surface area contributed by atoms with Crippen LogP contribution >= 0.6 is 0 Å². The minimum atomic E-state index is -0.0962. The van der Waals surface area contributed by atoms with Crippen molar-refractivity contribution >= 4 is 11.8 Å². The van der Waals surface area contributed by atoms with Gasteiger partial charge in [0.05, 0.1) is 18.7 Å². The Kier molecular flexibility index (Phi) is 3.90. The molecule has 0 unspecified atom stereocenters. The van der Waals surface area contributed by atoms with Crippen LogP contribution < -0.4 is 4.90 Å². The van der Waals surface area contributed by atoms with E-state index in [1.807, 2.05) is 6.92 Å². The normalized spacial score (nSPS) is 20.1. The first-order valence-electron chi connectivity index (χ1n) is 5.99. The number of rotatable bonds is 3. The number of aromatic nitrogens is 2. The van der Waals surface area contributed by atoms with Gasteiger partial charge >= 0.3 is 5.97 Å². The van der Waals surface area contributed by atoms with Crippen molar-refractivity contribution in [1.29, 1.82) is 0 Å². The van der Waals surface area contributed by atoms with E-state index in [4.69, 9.17) is 4.74 Å². The summed E-state index contributed by atoms with van der Waals surface area (Å²) in [4.78, 5) is 22.1. The first kappa shape index (κ1) is 11.8. The van der Waals surface area contributed by atoms with Gasteiger partial charge in [-0.15, -0.1) is 0 Å². The highest BCUT2D eigenvalue weighted by atomic mass is 16.5. The van der Waals surface area contributed by atoms with E-state index in [0.717, 1.165) is 25.2 Å². The second-order valence-electron chi connectivity index (χ2n) is 4.10. The second-order valence-corrected chi connectivity index (χ2v) is 4.10. The van der Waals surface area contributed by atoms with Gasteiger partial charge in [-0.1, -0.05) is 0 Å². The third kappa shape index (κ3) is 2.93. The van der Waals surface area contributed by atoms with E-state index in [-0.39, 0.29) is 11.9 Å². The summed E-state index contributed by atoms with van der Waals surface area (Å²) in [6.07, 6.45) is 6.93. The van der Waals surface area contributed by atoms with Crippen LogP contribution in [0.15, 0.2) is 18.6 Å². The van der Waals surface area contributed by atoms with Crippen LogP contribution in [-0.2, 0) is 9.53 Å². The van der Waals surface area contributed by atoms with Crippen LogP contribution in [0.1, 0.15) is 19.8 Å². The zero-order chi connectivity index (χ0) is 12.1. The molecule has 92 valence electrons. The maximum atomic E-state index is 11.7. The molecule has 1 saturated heterocycles. The highest BCUT2D eigenvalue weighted by molar-refractivity contribution is 5.73. The van der Waals surface area contributed by atoms with Gasteiger partial charge in [-0.05, 0) is 19.8 Å². The lowest BCUT2D eigenvalue weighted by Gasteiger charge is -2.31. The fourth-order valence-electron chi connectivity index (χ4n) is 2.09. The Balaban J connectivity index is 2.00. The molecule has 5 nitrogen and oxygen atoms in total. The van der Waals surface area contributed by atoms with E-state index in [2.05, 4.69) is 14.9 Å². The van der Waals surface area contributed by atoms with Crippen molar-refractivity contribution in [3.63, 3.8) is 0 Å². The van der Waals surface area contributed by atoms with Crippen molar-refractivity contribution in [2.75, 3.05) is 24.6 Å². The molecule has 0 amide bonds. The molecule has 0 N–H and O–H groups in total. The Hall–Kier alpha value is -1.65. The number of nitrogens with zero attached hydrogens (tertiary/aromatic N) is 3. The third-order valence-electron chi connectivity index (χ3n) is 2.91. The lowest BCUT2D eigenvalue weighted by Crippen LogP contribution is -2.39. The van der Waals surface area contributed by atoms with Crippen molar-refractivity contribution in [3.05, 3.63) is 18.6 Å². The van der Waals surface area contributed by atoms with E-state index in [1.54, 1.807) is 18.6 Å². The van der Waals surface area contributed by atoms with Gasteiger partial charge in [-0.3, -0.25) is 9.78 Å². The van der Waals surface area contributed by atoms with Gasteiger partial charge in [0.25, 0.3) is 0 Å². The molecule has 0 aromatic carbocycles. The van der Waals surface area contributed by atoms with Gasteiger partial charge in [-0.2, -0.15) is 0 Å². The summed E-state index contributed by atoms with van der Waals surface area (Å²) in [5, 5.41) is 0. The number of hydrogen-bond donors (Lipinski definition) is 0. The van der Waals surface area contributed by atoms with Gasteiger partial charge in [0.1, 0.15) is 5.82 Å². The largest absolute Gasteiger partial charge is 0.466 e. The van der Waals surface area contributed by atoms with Crippen molar-refractivity contribution in [2.45, 2.75) is 19.8 Å². The summed E-state index contributed by atoms with van der Waals surface area (Å²) in [5.74, 6) is 0.702. The van der Waals surface area contributed by atoms with Crippen LogP contribution in [0.25, 0.3) is 0 Å². The van der Waals surface area contributed by atoms with Crippen LogP contribution in [0.5, 0.6) is 0 Å². The quantitative estimate of drug-likeness (QED) is 0.738. The molecule has 0 radical (unpaired) electrons. The summed E-state index contributed by atoms with van der Waals surface area (Å²) in [6, 6.07) is 0. The monoisotopic (exact) mass is 235 g/mol. The maximum absolute atomic E-state index is 11.7. The smallest absolute Gasteiger partial charge is 0.310 e. The van der Waals surface area contributed by atoms with E-state index in [9.17, 15) is 4.79 Å². The van der Waals surface area contributed by atoms with Gasteiger partial charge in [-0.25, -0.2) is 4.98 Å². The summed E-state index contributed by atoms with van der Waals surface area (Å²) in [7, 11) is 0. The van der Waals surface area contributed by atoms with Gasteiger partial charge in [0, 0.05) is 25.5 Å². The first-order valence-corrected chi connectivity index (χ1v) is 5.99. The lowest BCUT2D eigenvalue weighted by atomic mass is 9.98. The SMILES string of the molecule is CCOC(=O)[C@@H]1CCCN(c2cnccn2)C1. The second kappa shape index (κ2) is 5.61. The van der Waals surface area contributed by atoms with E-state index >= 15 is 0 Å². The van der Waals surface area contributed by atoms with Crippen molar-refractivity contribution in [1.82, 2.24) is 9.97 Å². The number of carbonyl (C=O) groups is 1. The Morgan fingerprint density at radius 3 is 3.18 bits per heavy atom. The fraction of sp³-hybridized carbons (Fsp3) is 0.583. The number of hydrogen-bond acceptors (Lipinski definition) is 5. The standard InChI is InChI=1S/C12H17N3O2/c1-2-17-12(16)10-4-3-7-15(9-10)11-8-13-5-6-14-11/h5-6,8,10H,2-4,7,9H2,1H3/t10-/m1/s1. The molecule has 0 saturated carbocycles. The van der Waals surface area contributed by atoms with Crippen molar-refractivity contribution < 1.29 is 9.53 Å². The highest BCUT2D eigenvalue weighted by Gasteiger charge is 2.27. The third-order valence-corrected chi connectivity index (χ3v) is 2.91. The average molecular weight is 235 g/mol. The zero-order valence-electron chi connectivity index (χ0n) is 10.0. The molecule has 5 heteroatoms. The lowest BCUT2D eigenvalue weighted by molar-refractivity contribution is -0.148. The molecule has 17 heavy (non-hydrogen) atoms. The van der Waals surface area contributed by atoms with Crippen LogP contribution in [0.4, 0.5) is 5.82 Å². The number of esters is 1. The van der Waals surface area contributed by atoms with Crippen molar-refractivity contribution in [2.24, 2.45) is 5.92 Å². The van der Waals surface area contributed by atoms with Gasteiger partial charge < -0.3 is 9.64 Å². The Bertz CT molecular complexity index is 369. The molecular weight excluding hydrogens is 218 g/mol. The van der Waals surface area contributed by atoms with Gasteiger partial charge in [0.15, 0.2) is 0 Å². The topological polar surface area (TPSA) is 55.3 Å². The fourth-order valence-corrected chi connectivity index (χ4v) is 2.09. The van der Waals surface area contributed by atoms with E-state index in [0.29, 0.717) is 13.2 Å². The number of piperidine rings is 1. The number of carbonyl (C=O) groups excluding carboxylic acids is 1. The van der Waals surface area contributed by atoms with E-state index < -0.39 is 0 Å².